The van der Waals surface area contributed by atoms with E-state index in [1.165, 1.54) is 0 Å². The van der Waals surface area contributed by atoms with Gasteiger partial charge in [-0.2, -0.15) is 0 Å². The van der Waals surface area contributed by atoms with E-state index in [0.29, 0.717) is 26.0 Å². The standard InChI is InChI=1S/C16H22N2O2/c1-20-12-16(19,8-4-9-17)11-13-7-10-18-15-6-3-2-5-14(13)15/h2-3,5-7,10,19H,4,8-9,11-12,17H2,1H3. The van der Waals surface area contributed by atoms with E-state index in [2.05, 4.69) is 4.98 Å². The molecule has 0 spiro atoms. The van der Waals surface area contributed by atoms with Crippen LogP contribution in [0.25, 0.3) is 10.9 Å². The van der Waals surface area contributed by atoms with Crippen LogP contribution in [-0.2, 0) is 11.2 Å². The Hall–Kier alpha value is -1.49. The molecule has 1 aromatic heterocycles. The zero-order valence-electron chi connectivity index (χ0n) is 11.9. The highest BCUT2D eigenvalue weighted by atomic mass is 16.5. The molecule has 4 heteroatoms. The second kappa shape index (κ2) is 6.79. The van der Waals surface area contributed by atoms with Gasteiger partial charge in [0.15, 0.2) is 0 Å². The monoisotopic (exact) mass is 274 g/mol. The summed E-state index contributed by atoms with van der Waals surface area (Å²) in [4.78, 5) is 4.35. The zero-order valence-corrected chi connectivity index (χ0v) is 11.9. The minimum Gasteiger partial charge on any atom is -0.387 e. The smallest absolute Gasteiger partial charge is 0.0920 e. The first-order valence-electron chi connectivity index (χ1n) is 6.92. The van der Waals surface area contributed by atoms with Gasteiger partial charge in [0.2, 0.25) is 0 Å². The third kappa shape index (κ3) is 3.54. The molecule has 0 radical (unpaired) electrons. The lowest BCUT2D eigenvalue weighted by molar-refractivity contribution is -0.0373. The summed E-state index contributed by atoms with van der Waals surface area (Å²) in [5.41, 5.74) is 6.71. The average Bonchev–Trinajstić information content (AvgIpc) is 2.46. The van der Waals surface area contributed by atoms with Gasteiger partial charge in [0.05, 0.1) is 17.7 Å². The first kappa shape index (κ1) is 14.9. The molecule has 0 aliphatic carbocycles. The molecule has 0 saturated heterocycles. The minimum absolute atomic E-state index is 0.309. The summed E-state index contributed by atoms with van der Waals surface area (Å²) in [6.07, 6.45) is 3.74. The van der Waals surface area contributed by atoms with E-state index in [9.17, 15) is 5.11 Å². The lowest BCUT2D eigenvalue weighted by atomic mass is 9.89. The van der Waals surface area contributed by atoms with Crippen molar-refractivity contribution < 1.29 is 9.84 Å². The number of ether oxygens (including phenoxy) is 1. The van der Waals surface area contributed by atoms with Crippen molar-refractivity contribution in [1.82, 2.24) is 4.98 Å². The number of pyridine rings is 1. The van der Waals surface area contributed by atoms with Crippen molar-refractivity contribution in [2.45, 2.75) is 24.9 Å². The Labute approximate surface area is 119 Å². The van der Waals surface area contributed by atoms with Crippen LogP contribution in [0.15, 0.2) is 36.5 Å². The van der Waals surface area contributed by atoms with Crippen molar-refractivity contribution in [2.24, 2.45) is 5.73 Å². The number of benzene rings is 1. The van der Waals surface area contributed by atoms with Gasteiger partial charge in [-0.15, -0.1) is 0 Å². The zero-order chi connectivity index (χ0) is 14.4. The highest BCUT2D eigenvalue weighted by molar-refractivity contribution is 5.81. The Morgan fingerprint density at radius 3 is 2.85 bits per heavy atom. The van der Waals surface area contributed by atoms with Crippen LogP contribution < -0.4 is 5.73 Å². The summed E-state index contributed by atoms with van der Waals surface area (Å²) < 4.78 is 5.18. The summed E-state index contributed by atoms with van der Waals surface area (Å²) in [6, 6.07) is 9.94. The molecule has 20 heavy (non-hydrogen) atoms. The molecular formula is C16H22N2O2. The van der Waals surface area contributed by atoms with Gasteiger partial charge in [-0.05, 0) is 37.1 Å². The van der Waals surface area contributed by atoms with E-state index in [-0.39, 0.29) is 0 Å². The fraction of sp³-hybridized carbons (Fsp3) is 0.438. The molecule has 1 aromatic carbocycles. The highest BCUT2D eigenvalue weighted by Crippen LogP contribution is 2.24. The predicted octanol–water partition coefficient (Wildman–Crippen LogP) is 1.89. The topological polar surface area (TPSA) is 68.4 Å². The van der Waals surface area contributed by atoms with E-state index in [4.69, 9.17) is 10.5 Å². The van der Waals surface area contributed by atoms with Gasteiger partial charge in [-0.3, -0.25) is 4.98 Å². The molecule has 2 rings (SSSR count). The van der Waals surface area contributed by atoms with E-state index >= 15 is 0 Å². The predicted molar refractivity (Wildman–Crippen MR) is 80.6 cm³/mol. The number of hydrogen-bond donors (Lipinski definition) is 2. The van der Waals surface area contributed by atoms with Crippen molar-refractivity contribution in [3.63, 3.8) is 0 Å². The molecule has 0 aliphatic heterocycles. The van der Waals surface area contributed by atoms with E-state index < -0.39 is 5.60 Å². The van der Waals surface area contributed by atoms with Gasteiger partial charge in [0, 0.05) is 25.1 Å². The summed E-state index contributed by atoms with van der Waals surface area (Å²) >= 11 is 0. The highest BCUT2D eigenvalue weighted by Gasteiger charge is 2.27. The fourth-order valence-electron chi connectivity index (χ4n) is 2.58. The molecule has 0 fully saturated rings. The summed E-state index contributed by atoms with van der Waals surface area (Å²) in [7, 11) is 1.61. The summed E-state index contributed by atoms with van der Waals surface area (Å²) in [6.45, 7) is 0.882. The molecule has 0 amide bonds. The van der Waals surface area contributed by atoms with E-state index in [0.717, 1.165) is 22.9 Å². The van der Waals surface area contributed by atoms with Crippen LogP contribution in [0, 0.1) is 0 Å². The van der Waals surface area contributed by atoms with Gasteiger partial charge in [0.1, 0.15) is 0 Å². The van der Waals surface area contributed by atoms with Crippen LogP contribution in [0.5, 0.6) is 0 Å². The Balaban J connectivity index is 2.28. The van der Waals surface area contributed by atoms with Crippen molar-refractivity contribution in [3.8, 4) is 0 Å². The van der Waals surface area contributed by atoms with Crippen molar-refractivity contribution in [2.75, 3.05) is 20.3 Å². The number of para-hydroxylation sites is 1. The third-order valence-electron chi connectivity index (χ3n) is 3.52. The molecular weight excluding hydrogens is 252 g/mol. The molecule has 0 saturated carbocycles. The average molecular weight is 274 g/mol. The SMILES string of the molecule is COCC(O)(CCCN)Cc1ccnc2ccccc12. The molecule has 2 aromatic rings. The number of fused-ring (bicyclic) bond motifs is 1. The van der Waals surface area contributed by atoms with Crippen molar-refractivity contribution >= 4 is 10.9 Å². The van der Waals surface area contributed by atoms with Gasteiger partial charge in [-0.25, -0.2) is 0 Å². The molecule has 3 N–H and O–H groups in total. The van der Waals surface area contributed by atoms with E-state index in [1.807, 2.05) is 30.3 Å². The summed E-state index contributed by atoms with van der Waals surface area (Å²) in [5.74, 6) is 0. The van der Waals surface area contributed by atoms with Gasteiger partial charge >= 0.3 is 0 Å². The second-order valence-electron chi connectivity index (χ2n) is 5.21. The molecule has 4 nitrogen and oxygen atoms in total. The third-order valence-corrected chi connectivity index (χ3v) is 3.52. The number of rotatable bonds is 7. The first-order chi connectivity index (χ1) is 9.68. The molecule has 0 aliphatic rings. The number of aromatic nitrogens is 1. The largest absolute Gasteiger partial charge is 0.387 e. The van der Waals surface area contributed by atoms with Crippen LogP contribution in [0.1, 0.15) is 18.4 Å². The molecule has 0 bridgehead atoms. The molecule has 1 atom stereocenters. The van der Waals surface area contributed by atoms with Gasteiger partial charge < -0.3 is 15.6 Å². The Kier molecular flexibility index (Phi) is 5.06. The Morgan fingerprint density at radius 2 is 2.10 bits per heavy atom. The van der Waals surface area contributed by atoms with Crippen LogP contribution in [-0.4, -0.2) is 36.0 Å². The Morgan fingerprint density at radius 1 is 1.30 bits per heavy atom. The van der Waals surface area contributed by atoms with Crippen LogP contribution in [0.4, 0.5) is 0 Å². The number of nitrogens with zero attached hydrogens (tertiary/aromatic N) is 1. The van der Waals surface area contributed by atoms with Crippen LogP contribution in [0.3, 0.4) is 0 Å². The van der Waals surface area contributed by atoms with Gasteiger partial charge in [0.25, 0.3) is 0 Å². The number of aliphatic hydroxyl groups is 1. The summed E-state index contributed by atoms with van der Waals surface area (Å²) in [5, 5.41) is 11.8. The lowest BCUT2D eigenvalue weighted by Crippen LogP contribution is -2.37. The minimum atomic E-state index is -0.877. The van der Waals surface area contributed by atoms with E-state index in [1.54, 1.807) is 13.3 Å². The number of nitrogens with two attached hydrogens (primary N) is 1. The normalized spacial score (nSPS) is 14.3. The maximum Gasteiger partial charge on any atom is 0.0920 e. The lowest BCUT2D eigenvalue weighted by Gasteiger charge is -2.28. The first-order valence-corrected chi connectivity index (χ1v) is 6.92. The van der Waals surface area contributed by atoms with Crippen molar-refractivity contribution in [1.29, 1.82) is 0 Å². The second-order valence-corrected chi connectivity index (χ2v) is 5.21. The maximum atomic E-state index is 10.8. The fourth-order valence-corrected chi connectivity index (χ4v) is 2.58. The van der Waals surface area contributed by atoms with Crippen molar-refractivity contribution in [3.05, 3.63) is 42.1 Å². The maximum absolute atomic E-state index is 10.8. The molecule has 1 unspecified atom stereocenters. The Bertz CT molecular complexity index is 554. The molecule has 108 valence electrons. The number of hydrogen-bond acceptors (Lipinski definition) is 4. The van der Waals surface area contributed by atoms with Crippen LogP contribution in [0.2, 0.25) is 0 Å². The van der Waals surface area contributed by atoms with Gasteiger partial charge in [-0.1, -0.05) is 18.2 Å². The number of methoxy groups -OCH3 is 1. The molecule has 1 heterocycles. The van der Waals surface area contributed by atoms with Crippen LogP contribution >= 0.6 is 0 Å². The quantitative estimate of drug-likeness (QED) is 0.809.